The molecule has 1 unspecified atom stereocenters. The zero-order chi connectivity index (χ0) is 25.6. The second kappa shape index (κ2) is 9.22. The van der Waals surface area contributed by atoms with E-state index in [2.05, 4.69) is 15.3 Å². The molecule has 1 aliphatic heterocycles. The number of fused-ring (bicyclic) bond motifs is 1. The van der Waals surface area contributed by atoms with E-state index < -0.39 is 16.4 Å². The van der Waals surface area contributed by atoms with Crippen LogP contribution in [0.5, 0.6) is 0 Å². The SMILES string of the molecule is CC1(C)CC(=O)C2=C(C1)Nc1nc(SCc3ccccc3Cl)[nH]c(=O)c1C2c1cccc([N+](=O)[O-])c1. The number of hydrogen-bond acceptors (Lipinski definition) is 7. The van der Waals surface area contributed by atoms with Crippen LogP contribution >= 0.6 is 23.4 Å². The fourth-order valence-corrected chi connectivity index (χ4v) is 6.02. The van der Waals surface area contributed by atoms with Gasteiger partial charge in [-0.3, -0.25) is 19.7 Å². The summed E-state index contributed by atoms with van der Waals surface area (Å²) in [6, 6.07) is 13.6. The molecule has 0 fully saturated rings. The van der Waals surface area contributed by atoms with Gasteiger partial charge in [0.15, 0.2) is 10.9 Å². The molecule has 0 saturated heterocycles. The Morgan fingerprint density at radius 1 is 1.17 bits per heavy atom. The van der Waals surface area contributed by atoms with Crippen molar-refractivity contribution in [2.75, 3.05) is 5.32 Å². The van der Waals surface area contributed by atoms with Crippen molar-refractivity contribution in [3.05, 3.63) is 102 Å². The van der Waals surface area contributed by atoms with Gasteiger partial charge in [-0.2, -0.15) is 0 Å². The number of thioether (sulfide) groups is 1. The fraction of sp³-hybridized carbons (Fsp3) is 0.269. The largest absolute Gasteiger partial charge is 0.343 e. The van der Waals surface area contributed by atoms with E-state index in [1.54, 1.807) is 12.1 Å². The van der Waals surface area contributed by atoms with Gasteiger partial charge in [-0.1, -0.05) is 67.5 Å². The van der Waals surface area contributed by atoms with Crippen LogP contribution in [-0.4, -0.2) is 20.7 Å². The first-order valence-electron chi connectivity index (χ1n) is 11.4. The highest BCUT2D eigenvalue weighted by Crippen LogP contribution is 2.48. The molecule has 0 saturated carbocycles. The van der Waals surface area contributed by atoms with Gasteiger partial charge in [-0.15, -0.1) is 0 Å². The first-order valence-corrected chi connectivity index (χ1v) is 12.8. The number of nitrogens with zero attached hydrogens (tertiary/aromatic N) is 2. The van der Waals surface area contributed by atoms with Gasteiger partial charge in [0.2, 0.25) is 0 Å². The first kappa shape index (κ1) is 24.3. The van der Waals surface area contributed by atoms with Crippen LogP contribution in [0.15, 0.2) is 69.8 Å². The van der Waals surface area contributed by atoms with Gasteiger partial charge < -0.3 is 10.3 Å². The number of anilines is 1. The molecular formula is C26H23ClN4O4S. The summed E-state index contributed by atoms with van der Waals surface area (Å²) in [4.78, 5) is 45.3. The van der Waals surface area contributed by atoms with Crippen molar-refractivity contribution in [2.45, 2.75) is 43.5 Å². The van der Waals surface area contributed by atoms with Gasteiger partial charge in [0.1, 0.15) is 5.82 Å². The molecule has 0 bridgehead atoms. The van der Waals surface area contributed by atoms with E-state index in [0.29, 0.717) is 51.4 Å². The summed E-state index contributed by atoms with van der Waals surface area (Å²) < 4.78 is 0. The Hall–Kier alpha value is -3.43. The maximum atomic E-state index is 13.4. The highest BCUT2D eigenvalue weighted by atomic mass is 35.5. The average molecular weight is 523 g/mol. The number of allylic oxidation sites excluding steroid dienone is 2. The Balaban J connectivity index is 1.61. The number of nitro groups is 1. The van der Waals surface area contributed by atoms with Crippen molar-refractivity contribution in [1.29, 1.82) is 0 Å². The number of benzene rings is 2. The minimum absolute atomic E-state index is 0.0764. The van der Waals surface area contributed by atoms with Crippen molar-refractivity contribution < 1.29 is 9.72 Å². The van der Waals surface area contributed by atoms with E-state index in [1.807, 2.05) is 38.1 Å². The second-order valence-electron chi connectivity index (χ2n) is 9.76. The van der Waals surface area contributed by atoms with E-state index in [0.717, 1.165) is 5.56 Å². The van der Waals surface area contributed by atoms with Crippen molar-refractivity contribution in [3.63, 3.8) is 0 Å². The normalized spacial score (nSPS) is 18.3. The molecule has 3 aromatic rings. The third kappa shape index (κ3) is 4.56. The number of nitro benzene ring substituents is 1. The van der Waals surface area contributed by atoms with Gasteiger partial charge in [-0.25, -0.2) is 4.98 Å². The number of non-ortho nitro benzene ring substituents is 1. The number of carbonyl (C=O) groups excluding carboxylic acids is 1. The quantitative estimate of drug-likeness (QED) is 0.187. The number of H-pyrrole nitrogens is 1. The number of carbonyl (C=O) groups is 1. The monoisotopic (exact) mass is 522 g/mol. The maximum absolute atomic E-state index is 13.4. The van der Waals surface area contributed by atoms with Crippen LogP contribution in [-0.2, 0) is 10.5 Å². The van der Waals surface area contributed by atoms with Crippen molar-refractivity contribution in [2.24, 2.45) is 5.41 Å². The zero-order valence-electron chi connectivity index (χ0n) is 19.6. The van der Waals surface area contributed by atoms with Crippen molar-refractivity contribution in [3.8, 4) is 0 Å². The average Bonchev–Trinajstić information content (AvgIpc) is 2.81. The Bertz CT molecular complexity index is 1500. The second-order valence-corrected chi connectivity index (χ2v) is 11.1. The molecule has 2 aliphatic rings. The number of aromatic nitrogens is 2. The maximum Gasteiger partial charge on any atom is 0.269 e. The summed E-state index contributed by atoms with van der Waals surface area (Å²) in [5, 5.41) is 15.8. The molecule has 0 radical (unpaired) electrons. The molecule has 0 spiro atoms. The molecule has 0 amide bonds. The minimum Gasteiger partial charge on any atom is -0.343 e. The summed E-state index contributed by atoms with van der Waals surface area (Å²) in [6.45, 7) is 4.04. The molecule has 8 nitrogen and oxygen atoms in total. The molecule has 5 rings (SSSR count). The summed E-state index contributed by atoms with van der Waals surface area (Å²) in [5.41, 5.74) is 2.13. The predicted molar refractivity (Wildman–Crippen MR) is 139 cm³/mol. The molecule has 1 atom stereocenters. The molecule has 2 N–H and O–H groups in total. The third-order valence-electron chi connectivity index (χ3n) is 6.44. The Labute approximate surface area is 216 Å². The van der Waals surface area contributed by atoms with E-state index in [-0.39, 0.29) is 22.4 Å². The molecule has 2 aromatic carbocycles. The molecule has 184 valence electrons. The van der Waals surface area contributed by atoms with Gasteiger partial charge in [-0.05, 0) is 29.0 Å². The van der Waals surface area contributed by atoms with Crippen LogP contribution in [0.1, 0.15) is 49.3 Å². The van der Waals surface area contributed by atoms with Gasteiger partial charge in [0, 0.05) is 46.5 Å². The molecular weight excluding hydrogens is 500 g/mol. The fourth-order valence-electron chi connectivity index (χ4n) is 4.87. The van der Waals surface area contributed by atoms with Crippen LogP contribution in [0.25, 0.3) is 0 Å². The van der Waals surface area contributed by atoms with Crippen molar-refractivity contribution in [1.82, 2.24) is 9.97 Å². The van der Waals surface area contributed by atoms with E-state index >= 15 is 0 Å². The number of halogens is 1. The summed E-state index contributed by atoms with van der Waals surface area (Å²) in [6.07, 6.45) is 0.918. The lowest BCUT2D eigenvalue weighted by molar-refractivity contribution is -0.384. The summed E-state index contributed by atoms with van der Waals surface area (Å²) in [5.74, 6) is 0.0436. The Morgan fingerprint density at radius 3 is 2.69 bits per heavy atom. The lowest BCUT2D eigenvalue weighted by atomic mass is 9.69. The number of hydrogen-bond donors (Lipinski definition) is 2. The Morgan fingerprint density at radius 2 is 1.94 bits per heavy atom. The van der Waals surface area contributed by atoms with Gasteiger partial charge in [0.25, 0.3) is 11.2 Å². The van der Waals surface area contributed by atoms with Crippen LogP contribution in [0.3, 0.4) is 0 Å². The number of aromatic amines is 1. The van der Waals surface area contributed by atoms with E-state index in [4.69, 9.17) is 11.6 Å². The smallest absolute Gasteiger partial charge is 0.269 e. The molecule has 2 heterocycles. The topological polar surface area (TPSA) is 118 Å². The third-order valence-corrected chi connectivity index (χ3v) is 7.73. The standard InChI is InChI=1S/C26H23ClN4O4S/c1-26(2)11-18-21(19(32)12-26)20(14-7-5-8-16(10-14)31(34)35)22-23(28-18)29-25(30-24(22)33)36-13-15-6-3-4-9-17(15)27/h3-10,20H,11-13H2,1-2H3,(H2,28,29,30,33). The lowest BCUT2D eigenvalue weighted by Crippen LogP contribution is -2.37. The van der Waals surface area contributed by atoms with Crippen LogP contribution < -0.4 is 10.9 Å². The predicted octanol–water partition coefficient (Wildman–Crippen LogP) is 5.82. The molecule has 36 heavy (non-hydrogen) atoms. The van der Waals surface area contributed by atoms with Crippen LogP contribution in [0, 0.1) is 15.5 Å². The van der Waals surface area contributed by atoms with E-state index in [1.165, 1.54) is 23.9 Å². The number of rotatable bonds is 5. The minimum atomic E-state index is -0.751. The number of ketones is 1. The number of Topliss-reactive ketones (excluding diaryl/α,β-unsaturated/α-hetero) is 1. The van der Waals surface area contributed by atoms with E-state index in [9.17, 15) is 19.7 Å². The lowest BCUT2D eigenvalue weighted by Gasteiger charge is -2.38. The van der Waals surface area contributed by atoms with Gasteiger partial charge >= 0.3 is 0 Å². The molecule has 1 aliphatic carbocycles. The molecule has 10 heteroatoms. The summed E-state index contributed by atoms with van der Waals surface area (Å²) in [7, 11) is 0. The van der Waals surface area contributed by atoms with Crippen molar-refractivity contribution >= 4 is 40.7 Å². The van der Waals surface area contributed by atoms with Crippen LogP contribution in [0.2, 0.25) is 5.02 Å². The molecule has 1 aromatic heterocycles. The van der Waals surface area contributed by atoms with Crippen LogP contribution in [0.4, 0.5) is 11.5 Å². The zero-order valence-corrected chi connectivity index (χ0v) is 21.2. The van der Waals surface area contributed by atoms with Gasteiger partial charge in [0.05, 0.1) is 10.5 Å². The number of nitrogens with one attached hydrogen (secondary N) is 2. The Kier molecular flexibility index (Phi) is 6.22. The highest BCUT2D eigenvalue weighted by Gasteiger charge is 2.42. The first-order chi connectivity index (χ1) is 17.1. The highest BCUT2D eigenvalue weighted by molar-refractivity contribution is 7.98. The summed E-state index contributed by atoms with van der Waals surface area (Å²) >= 11 is 7.62.